The van der Waals surface area contributed by atoms with Gasteiger partial charge in [-0.3, -0.25) is 14.9 Å². The molecule has 0 spiro atoms. The summed E-state index contributed by atoms with van der Waals surface area (Å²) >= 11 is 8.75. The molecule has 0 bridgehead atoms. The Balaban J connectivity index is 2.03. The standard InChI is InChI=1S/C25H32BrN3O3S/c1-4-7-8-9-15-32-22-14-13-19(26)17-21(22)23(30)28-25(33)27-20-12-10-11-18(16-20)24(31)29(5-2)6-3/h10-14,16-17H,4-9,15H2,1-3H3,(H2,27,28,30,33). The molecule has 6 nitrogen and oxygen atoms in total. The average Bonchev–Trinajstić information content (AvgIpc) is 2.80. The van der Waals surface area contributed by atoms with E-state index in [4.69, 9.17) is 17.0 Å². The van der Waals surface area contributed by atoms with Crippen LogP contribution in [0, 0.1) is 0 Å². The number of anilines is 1. The lowest BCUT2D eigenvalue weighted by Gasteiger charge is -2.19. The Morgan fingerprint density at radius 1 is 1.03 bits per heavy atom. The lowest BCUT2D eigenvalue weighted by Crippen LogP contribution is -2.34. The van der Waals surface area contributed by atoms with Crippen molar-refractivity contribution >= 4 is 50.8 Å². The van der Waals surface area contributed by atoms with Gasteiger partial charge in [-0.05, 0) is 68.9 Å². The van der Waals surface area contributed by atoms with Gasteiger partial charge in [-0.15, -0.1) is 0 Å². The lowest BCUT2D eigenvalue weighted by molar-refractivity contribution is 0.0772. The Morgan fingerprint density at radius 3 is 2.48 bits per heavy atom. The highest BCUT2D eigenvalue weighted by Gasteiger charge is 2.16. The Hall–Kier alpha value is -2.45. The zero-order valence-corrected chi connectivity index (χ0v) is 21.9. The van der Waals surface area contributed by atoms with Crippen molar-refractivity contribution in [1.29, 1.82) is 0 Å². The summed E-state index contributed by atoms with van der Waals surface area (Å²) in [6.07, 6.45) is 4.35. The predicted octanol–water partition coefficient (Wildman–Crippen LogP) is 6.02. The van der Waals surface area contributed by atoms with Crippen LogP contribution in [0.25, 0.3) is 0 Å². The van der Waals surface area contributed by atoms with Crippen LogP contribution in [0.3, 0.4) is 0 Å². The number of hydrogen-bond acceptors (Lipinski definition) is 4. The molecule has 0 atom stereocenters. The molecule has 2 amide bonds. The second kappa shape index (κ2) is 14.0. The van der Waals surface area contributed by atoms with E-state index >= 15 is 0 Å². The molecular weight excluding hydrogens is 502 g/mol. The molecule has 2 rings (SSSR count). The first-order valence-electron chi connectivity index (χ1n) is 11.3. The zero-order valence-electron chi connectivity index (χ0n) is 19.4. The summed E-state index contributed by atoms with van der Waals surface area (Å²) in [5, 5.41) is 5.83. The fourth-order valence-electron chi connectivity index (χ4n) is 3.27. The molecule has 0 aromatic heterocycles. The normalized spacial score (nSPS) is 10.4. The van der Waals surface area contributed by atoms with Crippen LogP contribution in [-0.4, -0.2) is 41.5 Å². The minimum Gasteiger partial charge on any atom is -0.493 e. The third-order valence-electron chi connectivity index (χ3n) is 5.09. The number of nitrogens with zero attached hydrogens (tertiary/aromatic N) is 1. The van der Waals surface area contributed by atoms with Crippen LogP contribution in [0.4, 0.5) is 5.69 Å². The van der Waals surface area contributed by atoms with Gasteiger partial charge in [0.25, 0.3) is 11.8 Å². The van der Waals surface area contributed by atoms with Crippen molar-refractivity contribution < 1.29 is 14.3 Å². The first-order chi connectivity index (χ1) is 15.9. The number of hydrogen-bond donors (Lipinski definition) is 2. The van der Waals surface area contributed by atoms with Crippen molar-refractivity contribution in [2.75, 3.05) is 25.0 Å². The molecule has 33 heavy (non-hydrogen) atoms. The Kier molecular flexibility index (Phi) is 11.3. The van der Waals surface area contributed by atoms with Gasteiger partial charge in [-0.2, -0.15) is 0 Å². The number of nitrogens with one attached hydrogen (secondary N) is 2. The van der Waals surface area contributed by atoms with Gasteiger partial charge in [0, 0.05) is 28.8 Å². The van der Waals surface area contributed by atoms with Crippen molar-refractivity contribution in [3.63, 3.8) is 0 Å². The molecule has 0 aliphatic carbocycles. The lowest BCUT2D eigenvalue weighted by atomic mass is 10.1. The molecule has 2 N–H and O–H groups in total. The highest BCUT2D eigenvalue weighted by molar-refractivity contribution is 9.10. The summed E-state index contributed by atoms with van der Waals surface area (Å²) in [5.74, 6) is 0.100. The number of carbonyl (C=O) groups excluding carboxylic acids is 2. The van der Waals surface area contributed by atoms with E-state index in [0.717, 1.165) is 23.7 Å². The Bertz CT molecular complexity index is 964. The number of halogens is 1. The second-order valence-electron chi connectivity index (χ2n) is 7.52. The van der Waals surface area contributed by atoms with E-state index in [2.05, 4.69) is 33.5 Å². The smallest absolute Gasteiger partial charge is 0.261 e. The number of thiocarbonyl (C=S) groups is 1. The quantitative estimate of drug-likeness (QED) is 0.273. The van der Waals surface area contributed by atoms with E-state index in [1.807, 2.05) is 19.9 Å². The topological polar surface area (TPSA) is 70.7 Å². The van der Waals surface area contributed by atoms with Gasteiger partial charge in [-0.1, -0.05) is 48.2 Å². The first kappa shape index (κ1) is 26.8. The Labute approximate surface area is 210 Å². The average molecular weight is 535 g/mol. The summed E-state index contributed by atoms with van der Waals surface area (Å²) in [5.41, 5.74) is 1.58. The summed E-state index contributed by atoms with van der Waals surface area (Å²) in [6.45, 7) is 7.87. The maximum Gasteiger partial charge on any atom is 0.261 e. The maximum absolute atomic E-state index is 12.9. The summed E-state index contributed by atoms with van der Waals surface area (Å²) < 4.78 is 6.63. The van der Waals surface area contributed by atoms with Crippen molar-refractivity contribution in [2.24, 2.45) is 0 Å². The summed E-state index contributed by atoms with van der Waals surface area (Å²) in [6, 6.07) is 12.4. The zero-order chi connectivity index (χ0) is 24.2. The van der Waals surface area contributed by atoms with Gasteiger partial charge < -0.3 is 15.0 Å². The van der Waals surface area contributed by atoms with Gasteiger partial charge in [0.05, 0.1) is 12.2 Å². The van der Waals surface area contributed by atoms with E-state index in [1.54, 1.807) is 41.3 Å². The molecule has 0 fully saturated rings. The SMILES string of the molecule is CCCCCCOc1ccc(Br)cc1C(=O)NC(=S)Nc1cccc(C(=O)N(CC)CC)c1. The number of ether oxygens (including phenoxy) is 1. The molecule has 0 unspecified atom stereocenters. The molecule has 0 radical (unpaired) electrons. The van der Waals surface area contributed by atoms with Gasteiger partial charge in [0.1, 0.15) is 5.75 Å². The second-order valence-corrected chi connectivity index (χ2v) is 8.84. The van der Waals surface area contributed by atoms with Crippen LogP contribution in [0.15, 0.2) is 46.9 Å². The number of benzene rings is 2. The van der Waals surface area contributed by atoms with Crippen LogP contribution in [0.2, 0.25) is 0 Å². The highest BCUT2D eigenvalue weighted by Crippen LogP contribution is 2.24. The van der Waals surface area contributed by atoms with E-state index in [-0.39, 0.29) is 16.9 Å². The molecule has 2 aromatic carbocycles. The largest absolute Gasteiger partial charge is 0.493 e. The van der Waals surface area contributed by atoms with Crippen molar-refractivity contribution in [3.8, 4) is 5.75 Å². The fourth-order valence-corrected chi connectivity index (χ4v) is 3.84. The minimum absolute atomic E-state index is 0.0477. The van der Waals surface area contributed by atoms with E-state index in [9.17, 15) is 9.59 Å². The molecule has 0 saturated heterocycles. The van der Waals surface area contributed by atoms with Crippen LogP contribution in [-0.2, 0) is 0 Å². The van der Waals surface area contributed by atoms with Crippen molar-refractivity contribution in [3.05, 3.63) is 58.1 Å². The number of rotatable bonds is 11. The van der Waals surface area contributed by atoms with Gasteiger partial charge in [-0.25, -0.2) is 0 Å². The van der Waals surface area contributed by atoms with E-state index < -0.39 is 0 Å². The number of amides is 2. The number of carbonyl (C=O) groups is 2. The van der Waals surface area contributed by atoms with Crippen LogP contribution >= 0.6 is 28.1 Å². The van der Waals surface area contributed by atoms with E-state index in [1.165, 1.54) is 6.42 Å². The van der Waals surface area contributed by atoms with Crippen molar-refractivity contribution in [2.45, 2.75) is 46.5 Å². The first-order valence-corrected chi connectivity index (χ1v) is 12.5. The molecule has 178 valence electrons. The molecule has 0 heterocycles. The third-order valence-corrected chi connectivity index (χ3v) is 5.78. The van der Waals surface area contributed by atoms with Crippen LogP contribution < -0.4 is 15.4 Å². The monoisotopic (exact) mass is 533 g/mol. The number of unbranched alkanes of at least 4 members (excludes halogenated alkanes) is 3. The summed E-state index contributed by atoms with van der Waals surface area (Å²) in [4.78, 5) is 27.2. The maximum atomic E-state index is 12.9. The van der Waals surface area contributed by atoms with Crippen molar-refractivity contribution in [1.82, 2.24) is 10.2 Å². The molecule has 0 saturated carbocycles. The fraction of sp³-hybridized carbons (Fsp3) is 0.400. The van der Waals surface area contributed by atoms with Gasteiger partial charge >= 0.3 is 0 Å². The van der Waals surface area contributed by atoms with Gasteiger partial charge in [0.2, 0.25) is 0 Å². The van der Waals surface area contributed by atoms with E-state index in [0.29, 0.717) is 42.3 Å². The molecule has 2 aromatic rings. The van der Waals surface area contributed by atoms with Gasteiger partial charge in [0.15, 0.2) is 5.11 Å². The highest BCUT2D eigenvalue weighted by atomic mass is 79.9. The van der Waals surface area contributed by atoms with Crippen LogP contribution in [0.1, 0.15) is 67.2 Å². The third kappa shape index (κ3) is 8.44. The molecule has 0 aliphatic rings. The Morgan fingerprint density at radius 2 is 1.79 bits per heavy atom. The predicted molar refractivity (Wildman–Crippen MR) is 141 cm³/mol. The molecular formula is C25H32BrN3O3S. The minimum atomic E-state index is -0.368. The molecule has 8 heteroatoms. The molecule has 0 aliphatic heterocycles. The van der Waals surface area contributed by atoms with Crippen LogP contribution in [0.5, 0.6) is 5.75 Å². The summed E-state index contributed by atoms with van der Waals surface area (Å²) in [7, 11) is 0.